The van der Waals surface area contributed by atoms with E-state index in [1.165, 1.54) is 13.2 Å². The highest BCUT2D eigenvalue weighted by Gasteiger charge is 2.27. The van der Waals surface area contributed by atoms with E-state index in [1.54, 1.807) is 32.9 Å². The topological polar surface area (TPSA) is 81.4 Å². The lowest BCUT2D eigenvalue weighted by Gasteiger charge is -2.25. The van der Waals surface area contributed by atoms with Gasteiger partial charge in [-0.15, -0.1) is 0 Å². The SMILES string of the molecule is COCC(C)(C)NS(=O)(=O)c1cccc(N)c1C. The van der Waals surface area contributed by atoms with Gasteiger partial charge in [-0.1, -0.05) is 6.07 Å². The van der Waals surface area contributed by atoms with Crippen LogP contribution in [-0.4, -0.2) is 27.7 Å². The first-order valence-corrected chi connectivity index (χ1v) is 7.06. The molecule has 0 radical (unpaired) electrons. The van der Waals surface area contributed by atoms with Crippen LogP contribution in [-0.2, 0) is 14.8 Å². The van der Waals surface area contributed by atoms with Crippen LogP contribution >= 0.6 is 0 Å². The van der Waals surface area contributed by atoms with Crippen LogP contribution in [0, 0.1) is 6.92 Å². The third-order valence-corrected chi connectivity index (χ3v) is 4.37. The zero-order valence-electron chi connectivity index (χ0n) is 11.1. The molecule has 0 spiro atoms. The van der Waals surface area contributed by atoms with Crippen molar-refractivity contribution in [2.24, 2.45) is 0 Å². The molecule has 1 rings (SSSR count). The number of rotatable bonds is 5. The molecule has 6 heteroatoms. The maximum Gasteiger partial charge on any atom is 0.241 e. The lowest BCUT2D eigenvalue weighted by atomic mass is 10.1. The van der Waals surface area contributed by atoms with E-state index in [-0.39, 0.29) is 11.5 Å². The van der Waals surface area contributed by atoms with Crippen LogP contribution in [0.2, 0.25) is 0 Å². The van der Waals surface area contributed by atoms with Crippen molar-refractivity contribution < 1.29 is 13.2 Å². The van der Waals surface area contributed by atoms with E-state index >= 15 is 0 Å². The first-order chi connectivity index (χ1) is 8.19. The Morgan fingerprint density at radius 1 is 1.39 bits per heavy atom. The maximum atomic E-state index is 12.3. The Morgan fingerprint density at radius 2 is 2.00 bits per heavy atom. The van der Waals surface area contributed by atoms with Crippen molar-refractivity contribution in [3.8, 4) is 0 Å². The second-order valence-electron chi connectivity index (χ2n) is 4.89. The monoisotopic (exact) mass is 272 g/mol. The van der Waals surface area contributed by atoms with Crippen LogP contribution in [0.25, 0.3) is 0 Å². The highest BCUT2D eigenvalue weighted by Crippen LogP contribution is 2.21. The first-order valence-electron chi connectivity index (χ1n) is 5.57. The Morgan fingerprint density at radius 3 is 2.56 bits per heavy atom. The molecule has 1 aromatic rings. The standard InChI is InChI=1S/C12H20N2O3S/c1-9-10(13)6-5-7-11(9)18(15,16)14-12(2,3)8-17-4/h5-7,14H,8,13H2,1-4H3. The molecule has 0 bridgehead atoms. The molecule has 18 heavy (non-hydrogen) atoms. The molecule has 3 N–H and O–H groups in total. The van der Waals surface area contributed by atoms with Crippen molar-refractivity contribution in [1.29, 1.82) is 0 Å². The number of methoxy groups -OCH3 is 1. The van der Waals surface area contributed by atoms with Crippen LogP contribution in [0.5, 0.6) is 0 Å². The summed E-state index contributed by atoms with van der Waals surface area (Å²) in [6.45, 7) is 5.49. The fourth-order valence-electron chi connectivity index (χ4n) is 1.73. The number of nitrogens with two attached hydrogens (primary N) is 1. The van der Waals surface area contributed by atoms with Crippen LogP contribution < -0.4 is 10.5 Å². The molecule has 5 nitrogen and oxygen atoms in total. The second-order valence-corrected chi connectivity index (χ2v) is 6.54. The van der Waals surface area contributed by atoms with Crippen molar-refractivity contribution in [2.45, 2.75) is 31.2 Å². The Bertz CT molecular complexity index is 524. The van der Waals surface area contributed by atoms with Gasteiger partial charge >= 0.3 is 0 Å². The summed E-state index contributed by atoms with van der Waals surface area (Å²) >= 11 is 0. The fourth-order valence-corrected chi connectivity index (χ4v) is 3.41. The summed E-state index contributed by atoms with van der Waals surface area (Å²) < 4.78 is 32.1. The summed E-state index contributed by atoms with van der Waals surface area (Å²) in [5, 5.41) is 0. The Balaban J connectivity index is 3.11. The number of benzene rings is 1. The smallest absolute Gasteiger partial charge is 0.241 e. The van der Waals surface area contributed by atoms with E-state index in [4.69, 9.17) is 10.5 Å². The van der Waals surface area contributed by atoms with E-state index in [2.05, 4.69) is 4.72 Å². The molecular weight excluding hydrogens is 252 g/mol. The molecule has 0 fully saturated rings. The summed E-state index contributed by atoms with van der Waals surface area (Å²) in [4.78, 5) is 0.201. The van der Waals surface area contributed by atoms with Gasteiger partial charge in [-0.05, 0) is 38.5 Å². The van der Waals surface area contributed by atoms with Gasteiger partial charge in [0.25, 0.3) is 0 Å². The third kappa shape index (κ3) is 3.44. The fraction of sp³-hybridized carbons (Fsp3) is 0.500. The average molecular weight is 272 g/mol. The molecule has 0 heterocycles. The van der Waals surface area contributed by atoms with Crippen LogP contribution in [0.3, 0.4) is 0 Å². The largest absolute Gasteiger partial charge is 0.398 e. The molecule has 0 saturated carbocycles. The Labute approximate surface area is 108 Å². The molecule has 0 aliphatic rings. The first kappa shape index (κ1) is 14.9. The predicted octanol–water partition coefficient (Wildman–Crippen LogP) is 1.28. The summed E-state index contributed by atoms with van der Waals surface area (Å²) in [5.74, 6) is 0. The maximum absolute atomic E-state index is 12.3. The number of nitrogens with one attached hydrogen (secondary N) is 1. The zero-order valence-corrected chi connectivity index (χ0v) is 12.0. The number of hydrogen-bond donors (Lipinski definition) is 2. The van der Waals surface area contributed by atoms with Gasteiger partial charge in [0.15, 0.2) is 0 Å². The van der Waals surface area contributed by atoms with Crippen molar-refractivity contribution in [2.75, 3.05) is 19.5 Å². The van der Waals surface area contributed by atoms with Gasteiger partial charge in [-0.2, -0.15) is 0 Å². The quantitative estimate of drug-likeness (QED) is 0.791. The lowest BCUT2D eigenvalue weighted by molar-refractivity contribution is 0.141. The predicted molar refractivity (Wildman–Crippen MR) is 71.9 cm³/mol. The minimum atomic E-state index is -3.60. The molecule has 0 saturated heterocycles. The molecule has 0 aliphatic carbocycles. The van der Waals surface area contributed by atoms with Crippen molar-refractivity contribution in [3.05, 3.63) is 23.8 Å². The molecular formula is C12H20N2O3S. The Kier molecular flexibility index (Phi) is 4.37. The number of nitrogen functional groups attached to an aromatic ring is 1. The van der Waals surface area contributed by atoms with Crippen LogP contribution in [0.4, 0.5) is 5.69 Å². The van der Waals surface area contributed by atoms with E-state index in [0.717, 1.165) is 0 Å². The second kappa shape index (κ2) is 5.26. The van der Waals surface area contributed by atoms with Crippen molar-refractivity contribution in [3.63, 3.8) is 0 Å². The van der Waals surface area contributed by atoms with Gasteiger partial charge in [0.05, 0.1) is 17.0 Å². The van der Waals surface area contributed by atoms with Gasteiger partial charge in [0, 0.05) is 12.8 Å². The summed E-state index contributed by atoms with van der Waals surface area (Å²) in [7, 11) is -2.07. The average Bonchev–Trinajstić information content (AvgIpc) is 2.19. The highest BCUT2D eigenvalue weighted by molar-refractivity contribution is 7.89. The number of ether oxygens (including phenoxy) is 1. The van der Waals surface area contributed by atoms with Gasteiger partial charge in [0.1, 0.15) is 0 Å². The van der Waals surface area contributed by atoms with Crippen molar-refractivity contribution >= 4 is 15.7 Å². The van der Waals surface area contributed by atoms with E-state index in [1.807, 2.05) is 0 Å². The summed E-state index contributed by atoms with van der Waals surface area (Å²) in [6.07, 6.45) is 0. The third-order valence-electron chi connectivity index (χ3n) is 2.53. The van der Waals surface area contributed by atoms with Gasteiger partial charge in [-0.25, -0.2) is 13.1 Å². The normalized spacial score (nSPS) is 12.7. The summed E-state index contributed by atoms with van der Waals surface area (Å²) in [6, 6.07) is 4.84. The van der Waals surface area contributed by atoms with E-state index in [0.29, 0.717) is 11.3 Å². The molecule has 1 aromatic carbocycles. The number of hydrogen-bond acceptors (Lipinski definition) is 4. The summed E-state index contributed by atoms with van der Waals surface area (Å²) in [5.41, 5.74) is 6.06. The number of anilines is 1. The van der Waals surface area contributed by atoms with Gasteiger partial charge < -0.3 is 10.5 Å². The van der Waals surface area contributed by atoms with Crippen LogP contribution in [0.15, 0.2) is 23.1 Å². The molecule has 102 valence electrons. The van der Waals surface area contributed by atoms with Gasteiger partial charge in [0.2, 0.25) is 10.0 Å². The van der Waals surface area contributed by atoms with E-state index < -0.39 is 15.6 Å². The van der Waals surface area contributed by atoms with E-state index in [9.17, 15) is 8.42 Å². The molecule has 0 atom stereocenters. The van der Waals surface area contributed by atoms with Crippen molar-refractivity contribution in [1.82, 2.24) is 4.72 Å². The number of sulfonamides is 1. The lowest BCUT2D eigenvalue weighted by Crippen LogP contribution is -2.46. The Hall–Kier alpha value is -1.11. The minimum absolute atomic E-state index is 0.201. The van der Waals surface area contributed by atoms with Crippen LogP contribution in [0.1, 0.15) is 19.4 Å². The zero-order chi connectivity index (χ0) is 14.0. The minimum Gasteiger partial charge on any atom is -0.398 e. The molecule has 0 aliphatic heterocycles. The molecule has 0 aromatic heterocycles. The van der Waals surface area contributed by atoms with Gasteiger partial charge in [-0.3, -0.25) is 0 Å². The molecule has 0 unspecified atom stereocenters. The molecule has 0 amide bonds. The highest BCUT2D eigenvalue weighted by atomic mass is 32.2.